The quantitative estimate of drug-likeness (QED) is 0.907. The highest BCUT2D eigenvalue weighted by atomic mass is 16.5. The van der Waals surface area contributed by atoms with Crippen molar-refractivity contribution in [3.8, 4) is 11.5 Å². The Bertz CT molecular complexity index is 709. The van der Waals surface area contributed by atoms with Gasteiger partial charge in [-0.15, -0.1) is 0 Å². The molecule has 5 nitrogen and oxygen atoms in total. The van der Waals surface area contributed by atoms with E-state index in [4.69, 9.17) is 9.47 Å². The molecule has 0 aliphatic carbocycles. The van der Waals surface area contributed by atoms with Gasteiger partial charge in [-0.3, -0.25) is 4.79 Å². The van der Waals surface area contributed by atoms with Gasteiger partial charge >= 0.3 is 0 Å². The highest BCUT2D eigenvalue weighted by Crippen LogP contribution is 2.26. The van der Waals surface area contributed by atoms with Crippen LogP contribution < -0.4 is 4.74 Å². The highest BCUT2D eigenvalue weighted by molar-refractivity contribution is 5.97. The molecule has 0 bridgehead atoms. The minimum absolute atomic E-state index is 0.0493. The summed E-state index contributed by atoms with van der Waals surface area (Å²) in [5.74, 6) is 0.329. The number of hydrogen-bond acceptors (Lipinski definition) is 4. The first-order valence-corrected chi connectivity index (χ1v) is 8.49. The summed E-state index contributed by atoms with van der Waals surface area (Å²) in [4.78, 5) is 14.4. The summed E-state index contributed by atoms with van der Waals surface area (Å²) in [6.07, 6.45) is 1.76. The molecule has 0 aromatic heterocycles. The molecule has 2 aromatic rings. The van der Waals surface area contributed by atoms with Crippen molar-refractivity contribution in [1.29, 1.82) is 0 Å². The molecule has 1 N–H and O–H groups in total. The number of carbonyl (C=O) groups excluding carboxylic acids is 1. The molecular weight excluding hydrogens is 318 g/mol. The smallest absolute Gasteiger partial charge is 0.257 e. The Hall–Kier alpha value is -2.53. The highest BCUT2D eigenvalue weighted by Gasteiger charge is 2.25. The number of hydrogen-bond donors (Lipinski definition) is 1. The molecule has 3 rings (SSSR count). The second-order valence-corrected chi connectivity index (χ2v) is 6.17. The Balaban J connectivity index is 1.52. The van der Waals surface area contributed by atoms with Gasteiger partial charge in [-0.2, -0.15) is 0 Å². The van der Waals surface area contributed by atoms with Gasteiger partial charge in [-0.25, -0.2) is 0 Å². The number of benzene rings is 2. The van der Waals surface area contributed by atoms with Crippen LogP contribution in [0.1, 0.15) is 28.8 Å². The number of carbonyl (C=O) groups is 1. The second-order valence-electron chi connectivity index (χ2n) is 6.17. The van der Waals surface area contributed by atoms with Crippen LogP contribution in [0.25, 0.3) is 0 Å². The van der Waals surface area contributed by atoms with Crippen LogP contribution >= 0.6 is 0 Å². The van der Waals surface area contributed by atoms with Crippen LogP contribution in [-0.4, -0.2) is 42.2 Å². The molecule has 0 radical (unpaired) electrons. The molecule has 1 fully saturated rings. The van der Waals surface area contributed by atoms with Gasteiger partial charge in [0.2, 0.25) is 0 Å². The number of piperidine rings is 1. The molecule has 1 saturated heterocycles. The van der Waals surface area contributed by atoms with Gasteiger partial charge in [0, 0.05) is 19.2 Å². The number of likely N-dealkylation sites (tertiary alicyclic amines) is 1. The summed E-state index contributed by atoms with van der Waals surface area (Å²) in [6, 6.07) is 14.8. The fourth-order valence-corrected chi connectivity index (χ4v) is 3.00. The number of nitrogens with zero attached hydrogens (tertiary/aromatic N) is 1. The normalized spacial score (nSPS) is 15.2. The zero-order valence-electron chi connectivity index (χ0n) is 14.4. The maximum absolute atomic E-state index is 12.6. The number of aromatic hydroxyl groups is 1. The SMILES string of the molecule is COc1ccc(C(=O)N2CCC(OCc3ccccc3)CC2)c(O)c1. The van der Waals surface area contributed by atoms with Gasteiger partial charge in [-0.1, -0.05) is 30.3 Å². The van der Waals surface area contributed by atoms with E-state index in [1.54, 1.807) is 17.0 Å². The molecule has 1 heterocycles. The molecule has 25 heavy (non-hydrogen) atoms. The topological polar surface area (TPSA) is 59.0 Å². The van der Waals surface area contributed by atoms with Crippen LogP contribution in [0.5, 0.6) is 11.5 Å². The van der Waals surface area contributed by atoms with Crippen LogP contribution in [0.15, 0.2) is 48.5 Å². The molecule has 2 aromatic carbocycles. The average molecular weight is 341 g/mol. The van der Waals surface area contributed by atoms with E-state index >= 15 is 0 Å². The van der Waals surface area contributed by atoms with E-state index in [0.717, 1.165) is 18.4 Å². The zero-order chi connectivity index (χ0) is 17.6. The third kappa shape index (κ3) is 4.31. The summed E-state index contributed by atoms with van der Waals surface area (Å²) >= 11 is 0. The fraction of sp³-hybridized carbons (Fsp3) is 0.350. The van der Waals surface area contributed by atoms with Crippen LogP contribution in [0, 0.1) is 0 Å². The molecule has 1 aliphatic rings. The molecule has 0 spiro atoms. The van der Waals surface area contributed by atoms with E-state index in [2.05, 4.69) is 0 Å². The van der Waals surface area contributed by atoms with Crippen molar-refractivity contribution < 1.29 is 19.4 Å². The summed E-state index contributed by atoms with van der Waals surface area (Å²) in [7, 11) is 1.52. The van der Waals surface area contributed by atoms with Crippen molar-refractivity contribution >= 4 is 5.91 Å². The second kappa shape index (κ2) is 8.03. The molecule has 1 amide bonds. The number of rotatable bonds is 5. The molecular formula is C20H23NO4. The predicted octanol–water partition coefficient (Wildman–Crippen LogP) is 3.22. The molecule has 1 aliphatic heterocycles. The van der Waals surface area contributed by atoms with Gasteiger partial charge in [0.15, 0.2) is 0 Å². The number of methoxy groups -OCH3 is 1. The van der Waals surface area contributed by atoms with Crippen molar-refractivity contribution in [2.24, 2.45) is 0 Å². The first-order valence-electron chi connectivity index (χ1n) is 8.49. The van der Waals surface area contributed by atoms with E-state index < -0.39 is 0 Å². The predicted molar refractivity (Wildman–Crippen MR) is 94.8 cm³/mol. The summed E-state index contributed by atoms with van der Waals surface area (Å²) in [6.45, 7) is 1.85. The first-order chi connectivity index (χ1) is 12.2. The van der Waals surface area contributed by atoms with Crippen LogP contribution in [-0.2, 0) is 11.3 Å². The summed E-state index contributed by atoms with van der Waals surface area (Å²) in [5.41, 5.74) is 1.47. The average Bonchev–Trinajstić information content (AvgIpc) is 2.67. The molecule has 132 valence electrons. The Labute approximate surface area is 147 Å². The fourth-order valence-electron chi connectivity index (χ4n) is 3.00. The largest absolute Gasteiger partial charge is 0.507 e. The van der Waals surface area contributed by atoms with Gasteiger partial charge in [0.25, 0.3) is 5.91 Å². The summed E-state index contributed by atoms with van der Waals surface area (Å²) in [5, 5.41) is 10.0. The van der Waals surface area contributed by atoms with Crippen molar-refractivity contribution in [3.05, 3.63) is 59.7 Å². The molecule has 0 saturated carbocycles. The first kappa shape index (κ1) is 17.3. The summed E-state index contributed by atoms with van der Waals surface area (Å²) < 4.78 is 11.0. The third-order valence-electron chi connectivity index (χ3n) is 4.49. The van der Waals surface area contributed by atoms with Crippen molar-refractivity contribution in [2.75, 3.05) is 20.2 Å². The van der Waals surface area contributed by atoms with Crippen molar-refractivity contribution in [2.45, 2.75) is 25.6 Å². The van der Waals surface area contributed by atoms with Crippen molar-refractivity contribution in [1.82, 2.24) is 4.90 Å². The van der Waals surface area contributed by atoms with Crippen molar-refractivity contribution in [3.63, 3.8) is 0 Å². The molecule has 5 heteroatoms. The zero-order valence-corrected chi connectivity index (χ0v) is 14.4. The van der Waals surface area contributed by atoms with E-state index in [-0.39, 0.29) is 17.8 Å². The maximum Gasteiger partial charge on any atom is 0.257 e. The maximum atomic E-state index is 12.6. The van der Waals surface area contributed by atoms with Crippen LogP contribution in [0.3, 0.4) is 0 Å². The standard InChI is InChI=1S/C20H23NO4/c1-24-17-7-8-18(19(22)13-17)20(23)21-11-9-16(10-12-21)25-14-15-5-3-2-4-6-15/h2-8,13,16,22H,9-12,14H2,1H3. The Morgan fingerprint density at radius 1 is 1.16 bits per heavy atom. The number of phenolic OH excluding ortho intramolecular Hbond substituents is 1. The van der Waals surface area contributed by atoms with E-state index in [0.29, 0.717) is 31.0 Å². The molecule has 0 unspecified atom stereocenters. The van der Waals surface area contributed by atoms with E-state index in [1.165, 1.54) is 13.2 Å². The third-order valence-corrected chi connectivity index (χ3v) is 4.49. The lowest BCUT2D eigenvalue weighted by Crippen LogP contribution is -2.40. The Kier molecular flexibility index (Phi) is 5.56. The number of amides is 1. The molecule has 0 atom stereocenters. The minimum atomic E-state index is -0.151. The van der Waals surface area contributed by atoms with Gasteiger partial charge in [0.1, 0.15) is 11.5 Å². The lowest BCUT2D eigenvalue weighted by atomic mass is 10.1. The Morgan fingerprint density at radius 3 is 2.52 bits per heavy atom. The van der Waals surface area contributed by atoms with E-state index in [1.807, 2.05) is 30.3 Å². The van der Waals surface area contributed by atoms with Crippen LogP contribution in [0.4, 0.5) is 0 Å². The van der Waals surface area contributed by atoms with E-state index in [9.17, 15) is 9.90 Å². The minimum Gasteiger partial charge on any atom is -0.507 e. The lowest BCUT2D eigenvalue weighted by Gasteiger charge is -2.32. The lowest BCUT2D eigenvalue weighted by molar-refractivity contribution is -0.000428. The van der Waals surface area contributed by atoms with Gasteiger partial charge in [-0.05, 0) is 30.5 Å². The van der Waals surface area contributed by atoms with Gasteiger partial charge < -0.3 is 19.5 Å². The number of phenols is 1. The Morgan fingerprint density at radius 2 is 1.88 bits per heavy atom. The van der Waals surface area contributed by atoms with Crippen LogP contribution in [0.2, 0.25) is 0 Å². The van der Waals surface area contributed by atoms with Gasteiger partial charge in [0.05, 0.1) is 25.4 Å². The number of ether oxygens (including phenoxy) is 2. The monoisotopic (exact) mass is 341 g/mol.